The van der Waals surface area contributed by atoms with E-state index in [9.17, 15) is 0 Å². The zero-order chi connectivity index (χ0) is 18.8. The van der Waals surface area contributed by atoms with Crippen LogP contribution in [0.25, 0.3) is 32.7 Å². The molecule has 5 aromatic rings. The van der Waals surface area contributed by atoms with Crippen LogP contribution in [-0.2, 0) is 0 Å². The van der Waals surface area contributed by atoms with Crippen LogP contribution in [0.3, 0.4) is 0 Å². The van der Waals surface area contributed by atoms with Crippen molar-refractivity contribution < 1.29 is 0 Å². The van der Waals surface area contributed by atoms with Gasteiger partial charge in [0.15, 0.2) is 0 Å². The molecule has 0 unspecified atom stereocenters. The van der Waals surface area contributed by atoms with E-state index in [0.29, 0.717) is 0 Å². The van der Waals surface area contributed by atoms with Crippen molar-refractivity contribution in [1.29, 1.82) is 0 Å². The van der Waals surface area contributed by atoms with Gasteiger partial charge in [-0.15, -0.1) is 0 Å². The van der Waals surface area contributed by atoms with Crippen LogP contribution in [0.1, 0.15) is 11.1 Å². The van der Waals surface area contributed by atoms with E-state index in [4.69, 9.17) is 0 Å². The molecule has 130 valence electrons. The lowest BCUT2D eigenvalue weighted by molar-refractivity contribution is 1.61. The average Bonchev–Trinajstić information content (AvgIpc) is 2.77. The second kappa shape index (κ2) is 7.06. The third-order valence-electron chi connectivity index (χ3n) is 5.06. The fraction of sp³-hybridized carbons (Fsp3) is 0. The van der Waals surface area contributed by atoms with Crippen molar-refractivity contribution in [1.82, 2.24) is 0 Å². The molecule has 5 rings (SSSR count). The summed E-state index contributed by atoms with van der Waals surface area (Å²) in [5.74, 6) is 6.74. The van der Waals surface area contributed by atoms with Crippen LogP contribution in [0.4, 0.5) is 0 Å². The van der Waals surface area contributed by atoms with E-state index in [-0.39, 0.29) is 0 Å². The number of benzene rings is 5. The molecule has 0 radical (unpaired) electrons. The third kappa shape index (κ3) is 3.04. The highest BCUT2D eigenvalue weighted by Crippen LogP contribution is 2.34. The molecule has 0 saturated carbocycles. The third-order valence-corrected chi connectivity index (χ3v) is 5.06. The summed E-state index contributed by atoms with van der Waals surface area (Å²) in [5.41, 5.74) is 4.48. The fourth-order valence-corrected chi connectivity index (χ4v) is 3.69. The maximum Gasteiger partial charge on any atom is 0.0333 e. The predicted octanol–water partition coefficient (Wildman–Crippen LogP) is 7.06. The van der Waals surface area contributed by atoms with Gasteiger partial charge in [-0.05, 0) is 57.4 Å². The topological polar surface area (TPSA) is 0 Å². The van der Waals surface area contributed by atoms with Crippen LogP contribution in [-0.4, -0.2) is 0 Å². The van der Waals surface area contributed by atoms with Gasteiger partial charge in [-0.25, -0.2) is 0 Å². The maximum absolute atomic E-state index is 3.42. The highest BCUT2D eigenvalue weighted by atomic mass is 14.1. The molecule has 0 spiro atoms. The molecule has 0 aliphatic rings. The van der Waals surface area contributed by atoms with Crippen molar-refractivity contribution in [2.45, 2.75) is 0 Å². The summed E-state index contributed by atoms with van der Waals surface area (Å²) in [6.45, 7) is 0. The molecule has 0 aliphatic carbocycles. The van der Waals surface area contributed by atoms with Crippen LogP contribution in [0.15, 0.2) is 109 Å². The number of hydrogen-bond donors (Lipinski definition) is 0. The Balaban J connectivity index is 1.80. The summed E-state index contributed by atoms with van der Waals surface area (Å²) < 4.78 is 0. The molecule has 0 heteroatoms. The average molecular weight is 354 g/mol. The van der Waals surface area contributed by atoms with E-state index in [1.165, 1.54) is 32.7 Å². The van der Waals surface area contributed by atoms with Gasteiger partial charge in [-0.1, -0.05) is 90.7 Å². The quantitative estimate of drug-likeness (QED) is 0.223. The van der Waals surface area contributed by atoms with E-state index in [0.717, 1.165) is 11.1 Å². The summed E-state index contributed by atoms with van der Waals surface area (Å²) in [7, 11) is 0. The zero-order valence-corrected chi connectivity index (χ0v) is 15.4. The molecular formula is C28H18. The van der Waals surface area contributed by atoms with E-state index in [1.54, 1.807) is 0 Å². The first-order valence-corrected chi connectivity index (χ1v) is 9.46. The van der Waals surface area contributed by atoms with Crippen LogP contribution < -0.4 is 0 Å². The minimum atomic E-state index is 1.03. The Morgan fingerprint density at radius 1 is 0.464 bits per heavy atom. The van der Waals surface area contributed by atoms with E-state index in [1.807, 2.05) is 30.3 Å². The first-order chi connectivity index (χ1) is 13.9. The fourth-order valence-electron chi connectivity index (χ4n) is 3.69. The lowest BCUT2D eigenvalue weighted by atomic mass is 9.91. The van der Waals surface area contributed by atoms with Gasteiger partial charge in [0, 0.05) is 16.7 Å². The second-order valence-electron chi connectivity index (χ2n) is 6.89. The van der Waals surface area contributed by atoms with Crippen molar-refractivity contribution in [2.75, 3.05) is 0 Å². The normalized spacial score (nSPS) is 10.6. The van der Waals surface area contributed by atoms with Gasteiger partial charge in [0.2, 0.25) is 0 Å². The molecule has 0 fully saturated rings. The second-order valence-corrected chi connectivity index (χ2v) is 6.89. The molecular weight excluding hydrogens is 336 g/mol. The van der Waals surface area contributed by atoms with Crippen molar-refractivity contribution in [3.05, 3.63) is 120 Å². The minimum Gasteiger partial charge on any atom is -0.0622 e. The number of rotatable bonds is 1. The monoisotopic (exact) mass is 354 g/mol. The van der Waals surface area contributed by atoms with Crippen molar-refractivity contribution >= 4 is 21.5 Å². The van der Waals surface area contributed by atoms with Gasteiger partial charge in [0.05, 0.1) is 0 Å². The Bertz CT molecular complexity index is 1330. The Kier molecular flexibility index (Phi) is 4.13. The van der Waals surface area contributed by atoms with Crippen LogP contribution in [0.5, 0.6) is 0 Å². The Morgan fingerprint density at radius 3 is 1.86 bits per heavy atom. The van der Waals surface area contributed by atoms with Gasteiger partial charge in [0.1, 0.15) is 0 Å². The summed E-state index contributed by atoms with van der Waals surface area (Å²) in [5, 5.41) is 4.99. The van der Waals surface area contributed by atoms with E-state index in [2.05, 4.69) is 90.7 Å². The van der Waals surface area contributed by atoms with E-state index < -0.39 is 0 Å². The van der Waals surface area contributed by atoms with Crippen LogP contribution in [0.2, 0.25) is 0 Å². The summed E-state index contributed by atoms with van der Waals surface area (Å²) in [6, 6.07) is 38.1. The molecule has 0 bridgehead atoms. The SMILES string of the molecule is C(#Cc1ccc2cc3ccccc3cc2c1-c1ccccc1)c1ccccc1. The molecule has 0 heterocycles. The van der Waals surface area contributed by atoms with Gasteiger partial charge >= 0.3 is 0 Å². The molecule has 0 saturated heterocycles. The highest BCUT2D eigenvalue weighted by molar-refractivity contribution is 6.06. The minimum absolute atomic E-state index is 1.03. The Hall–Kier alpha value is -3.82. The predicted molar refractivity (Wildman–Crippen MR) is 119 cm³/mol. The first-order valence-electron chi connectivity index (χ1n) is 9.46. The highest BCUT2D eigenvalue weighted by Gasteiger charge is 2.10. The Morgan fingerprint density at radius 2 is 1.11 bits per heavy atom. The Labute approximate surface area is 165 Å². The van der Waals surface area contributed by atoms with E-state index >= 15 is 0 Å². The maximum atomic E-state index is 3.42. The van der Waals surface area contributed by atoms with Crippen molar-refractivity contribution in [3.8, 4) is 23.0 Å². The summed E-state index contributed by atoms with van der Waals surface area (Å²) in [4.78, 5) is 0. The zero-order valence-electron chi connectivity index (χ0n) is 15.4. The van der Waals surface area contributed by atoms with Gasteiger partial charge in [-0.2, -0.15) is 0 Å². The molecule has 0 amide bonds. The number of fused-ring (bicyclic) bond motifs is 2. The molecule has 0 aliphatic heterocycles. The largest absolute Gasteiger partial charge is 0.0622 e. The molecule has 28 heavy (non-hydrogen) atoms. The van der Waals surface area contributed by atoms with Gasteiger partial charge in [-0.3, -0.25) is 0 Å². The lowest BCUT2D eigenvalue weighted by Gasteiger charge is -2.11. The van der Waals surface area contributed by atoms with Crippen LogP contribution in [0, 0.1) is 11.8 Å². The molecule has 5 aromatic carbocycles. The summed E-state index contributed by atoms with van der Waals surface area (Å²) >= 11 is 0. The standard InChI is InChI=1S/C28H18/c1-3-9-21(10-4-1)15-16-23-17-18-26-19-24-13-7-8-14-25(24)20-27(26)28(23)22-11-5-2-6-12-22/h1-14,17-20H. The first kappa shape index (κ1) is 16.4. The smallest absolute Gasteiger partial charge is 0.0333 e. The molecule has 0 N–H and O–H groups in total. The molecule has 0 aromatic heterocycles. The lowest BCUT2D eigenvalue weighted by Crippen LogP contribution is -1.88. The van der Waals surface area contributed by atoms with Crippen molar-refractivity contribution in [2.24, 2.45) is 0 Å². The molecule has 0 atom stereocenters. The van der Waals surface area contributed by atoms with Gasteiger partial charge in [0.25, 0.3) is 0 Å². The van der Waals surface area contributed by atoms with Crippen LogP contribution >= 0.6 is 0 Å². The molecule has 0 nitrogen and oxygen atoms in total. The number of hydrogen-bond acceptors (Lipinski definition) is 0. The van der Waals surface area contributed by atoms with Crippen molar-refractivity contribution in [3.63, 3.8) is 0 Å². The van der Waals surface area contributed by atoms with Gasteiger partial charge < -0.3 is 0 Å². The summed E-state index contributed by atoms with van der Waals surface area (Å²) in [6.07, 6.45) is 0.